The molecule has 0 fully saturated rings. The van der Waals surface area contributed by atoms with Gasteiger partial charge in [-0.05, 0) is 23.3 Å². The molecule has 0 aliphatic rings. The molecule has 2 aromatic carbocycles. The highest BCUT2D eigenvalue weighted by Gasteiger charge is 2.04. The SMILES string of the molecule is Sc1nc2ccc(-c3ccccc3)cc2o1. The van der Waals surface area contributed by atoms with E-state index in [1.165, 1.54) is 5.56 Å². The standard InChI is InChI=1S/C13H9NOS/c16-13-14-11-7-6-10(8-12(11)15-13)9-4-2-1-3-5-9/h1-8H,(H,14,16). The first-order valence-corrected chi connectivity index (χ1v) is 5.42. The van der Waals surface area contributed by atoms with Gasteiger partial charge in [-0.3, -0.25) is 0 Å². The highest BCUT2D eigenvalue weighted by atomic mass is 32.1. The van der Waals surface area contributed by atoms with E-state index in [0.717, 1.165) is 16.7 Å². The molecule has 3 heteroatoms. The van der Waals surface area contributed by atoms with E-state index in [1.54, 1.807) is 0 Å². The predicted octanol–water partition coefficient (Wildman–Crippen LogP) is 3.78. The molecule has 0 bridgehead atoms. The summed E-state index contributed by atoms with van der Waals surface area (Å²) in [6.07, 6.45) is 0. The first-order valence-electron chi connectivity index (χ1n) is 4.98. The minimum atomic E-state index is 0.403. The molecule has 0 N–H and O–H groups in total. The summed E-state index contributed by atoms with van der Waals surface area (Å²) in [5.41, 5.74) is 3.90. The number of hydrogen-bond donors (Lipinski definition) is 1. The zero-order valence-electron chi connectivity index (χ0n) is 8.42. The van der Waals surface area contributed by atoms with Crippen molar-refractivity contribution in [3.05, 3.63) is 48.5 Å². The van der Waals surface area contributed by atoms with Gasteiger partial charge in [-0.25, -0.2) is 4.98 Å². The maximum absolute atomic E-state index is 5.38. The van der Waals surface area contributed by atoms with Crippen molar-refractivity contribution >= 4 is 23.7 Å². The Balaban J connectivity index is 2.18. The molecule has 0 aliphatic heterocycles. The second-order valence-corrected chi connectivity index (χ2v) is 3.93. The Morgan fingerprint density at radius 3 is 2.56 bits per heavy atom. The molecule has 3 rings (SSSR count). The van der Waals surface area contributed by atoms with E-state index in [0.29, 0.717) is 5.22 Å². The summed E-state index contributed by atoms with van der Waals surface area (Å²) in [4.78, 5) is 4.15. The van der Waals surface area contributed by atoms with Gasteiger partial charge in [-0.15, -0.1) is 0 Å². The van der Waals surface area contributed by atoms with Crippen LogP contribution in [0.3, 0.4) is 0 Å². The maximum Gasteiger partial charge on any atom is 0.253 e. The van der Waals surface area contributed by atoms with Gasteiger partial charge in [0.15, 0.2) is 5.58 Å². The molecule has 1 aromatic heterocycles. The first kappa shape index (κ1) is 9.48. The highest BCUT2D eigenvalue weighted by Crippen LogP contribution is 2.25. The fourth-order valence-corrected chi connectivity index (χ4v) is 1.93. The van der Waals surface area contributed by atoms with Gasteiger partial charge in [0.2, 0.25) is 0 Å². The van der Waals surface area contributed by atoms with Gasteiger partial charge in [-0.2, -0.15) is 0 Å². The molecule has 0 unspecified atom stereocenters. The van der Waals surface area contributed by atoms with Gasteiger partial charge >= 0.3 is 0 Å². The van der Waals surface area contributed by atoms with Crippen LogP contribution in [-0.4, -0.2) is 4.98 Å². The zero-order chi connectivity index (χ0) is 11.0. The molecule has 78 valence electrons. The van der Waals surface area contributed by atoms with Gasteiger partial charge in [0, 0.05) is 0 Å². The zero-order valence-corrected chi connectivity index (χ0v) is 9.32. The maximum atomic E-state index is 5.38. The smallest absolute Gasteiger partial charge is 0.253 e. The summed E-state index contributed by atoms with van der Waals surface area (Å²) < 4.78 is 5.38. The second kappa shape index (κ2) is 3.68. The lowest BCUT2D eigenvalue weighted by Gasteiger charge is -1.99. The van der Waals surface area contributed by atoms with E-state index in [4.69, 9.17) is 4.42 Å². The molecule has 16 heavy (non-hydrogen) atoms. The van der Waals surface area contributed by atoms with Gasteiger partial charge in [0.1, 0.15) is 5.52 Å². The number of hydrogen-bond acceptors (Lipinski definition) is 3. The molecule has 3 aromatic rings. The minimum absolute atomic E-state index is 0.403. The Morgan fingerprint density at radius 1 is 0.938 bits per heavy atom. The molecule has 0 radical (unpaired) electrons. The fraction of sp³-hybridized carbons (Fsp3) is 0. The average molecular weight is 227 g/mol. The van der Waals surface area contributed by atoms with Crippen molar-refractivity contribution in [2.75, 3.05) is 0 Å². The van der Waals surface area contributed by atoms with Crippen LogP contribution in [0.4, 0.5) is 0 Å². The van der Waals surface area contributed by atoms with E-state index < -0.39 is 0 Å². The summed E-state index contributed by atoms with van der Waals surface area (Å²) in [6, 6.07) is 16.1. The normalized spacial score (nSPS) is 10.8. The number of oxazole rings is 1. The summed E-state index contributed by atoms with van der Waals surface area (Å²) in [7, 11) is 0. The van der Waals surface area contributed by atoms with Crippen molar-refractivity contribution in [3.8, 4) is 11.1 Å². The third-order valence-electron chi connectivity index (χ3n) is 2.48. The molecule has 0 spiro atoms. The van der Waals surface area contributed by atoms with Crippen LogP contribution in [0.15, 0.2) is 58.2 Å². The van der Waals surface area contributed by atoms with E-state index >= 15 is 0 Å². The van der Waals surface area contributed by atoms with Crippen molar-refractivity contribution in [2.45, 2.75) is 5.22 Å². The third kappa shape index (κ3) is 1.59. The summed E-state index contributed by atoms with van der Waals surface area (Å²) >= 11 is 4.09. The molecule has 2 nitrogen and oxygen atoms in total. The largest absolute Gasteiger partial charge is 0.432 e. The molecule has 0 saturated carbocycles. The molecule has 0 saturated heterocycles. The van der Waals surface area contributed by atoms with Crippen LogP contribution in [0.2, 0.25) is 0 Å². The average Bonchev–Trinajstić information content (AvgIpc) is 2.69. The fourth-order valence-electron chi connectivity index (χ4n) is 1.72. The summed E-state index contributed by atoms with van der Waals surface area (Å²) in [5, 5.41) is 0.403. The number of aromatic nitrogens is 1. The van der Waals surface area contributed by atoms with E-state index in [1.807, 2.05) is 36.4 Å². The Hall–Kier alpha value is -1.74. The second-order valence-electron chi connectivity index (χ2n) is 3.54. The van der Waals surface area contributed by atoms with Crippen LogP contribution >= 0.6 is 12.6 Å². The number of rotatable bonds is 1. The van der Waals surface area contributed by atoms with E-state index in [9.17, 15) is 0 Å². The van der Waals surface area contributed by atoms with E-state index in [2.05, 4.69) is 29.7 Å². The Kier molecular flexibility index (Phi) is 2.18. The number of fused-ring (bicyclic) bond motifs is 1. The molecular formula is C13H9NOS. The Morgan fingerprint density at radius 2 is 1.75 bits per heavy atom. The number of nitrogens with zero attached hydrogens (tertiary/aromatic N) is 1. The van der Waals surface area contributed by atoms with Crippen molar-refractivity contribution < 1.29 is 4.42 Å². The van der Waals surface area contributed by atoms with Gasteiger partial charge < -0.3 is 4.42 Å². The van der Waals surface area contributed by atoms with Crippen molar-refractivity contribution in [1.29, 1.82) is 0 Å². The third-order valence-corrected chi connectivity index (χ3v) is 2.68. The van der Waals surface area contributed by atoms with Crippen LogP contribution in [0, 0.1) is 0 Å². The van der Waals surface area contributed by atoms with Crippen molar-refractivity contribution in [2.24, 2.45) is 0 Å². The summed E-state index contributed by atoms with van der Waals surface area (Å²) in [6.45, 7) is 0. The molecule has 1 heterocycles. The molecule has 0 atom stereocenters. The van der Waals surface area contributed by atoms with Crippen molar-refractivity contribution in [1.82, 2.24) is 4.98 Å². The Bertz CT molecular complexity index is 631. The van der Waals surface area contributed by atoms with Crippen LogP contribution < -0.4 is 0 Å². The lowest BCUT2D eigenvalue weighted by atomic mass is 10.1. The molecule has 0 amide bonds. The topological polar surface area (TPSA) is 26.0 Å². The molecule has 0 aliphatic carbocycles. The quantitative estimate of drug-likeness (QED) is 0.640. The first-order chi connectivity index (χ1) is 7.83. The van der Waals surface area contributed by atoms with Gasteiger partial charge in [0.25, 0.3) is 5.22 Å². The summed E-state index contributed by atoms with van der Waals surface area (Å²) in [5.74, 6) is 0. The van der Waals surface area contributed by atoms with Crippen LogP contribution in [0.1, 0.15) is 0 Å². The van der Waals surface area contributed by atoms with E-state index in [-0.39, 0.29) is 0 Å². The lowest BCUT2D eigenvalue weighted by Crippen LogP contribution is -1.76. The minimum Gasteiger partial charge on any atom is -0.432 e. The van der Waals surface area contributed by atoms with Gasteiger partial charge in [0.05, 0.1) is 0 Å². The monoisotopic (exact) mass is 227 g/mol. The van der Waals surface area contributed by atoms with Crippen molar-refractivity contribution in [3.63, 3.8) is 0 Å². The Labute approximate surface area is 98.3 Å². The van der Waals surface area contributed by atoms with Gasteiger partial charge in [-0.1, -0.05) is 49.0 Å². The number of thiol groups is 1. The molecular weight excluding hydrogens is 218 g/mol. The van der Waals surface area contributed by atoms with Crippen LogP contribution in [0.25, 0.3) is 22.2 Å². The highest BCUT2D eigenvalue weighted by molar-refractivity contribution is 7.80. The number of benzene rings is 2. The van der Waals surface area contributed by atoms with Crippen LogP contribution in [0.5, 0.6) is 0 Å². The predicted molar refractivity (Wildman–Crippen MR) is 66.7 cm³/mol. The lowest BCUT2D eigenvalue weighted by molar-refractivity contribution is 0.492. The van der Waals surface area contributed by atoms with Crippen LogP contribution in [-0.2, 0) is 0 Å².